The number of ether oxygens (including phenoxy) is 1. The Morgan fingerprint density at radius 3 is 2.90 bits per heavy atom. The van der Waals surface area contributed by atoms with E-state index in [4.69, 9.17) is 14.7 Å². The maximum atomic E-state index is 12.4. The minimum Gasteiger partial charge on any atom is -0.376 e. The van der Waals surface area contributed by atoms with Crippen molar-refractivity contribution in [1.29, 1.82) is 0 Å². The normalized spacial score (nSPS) is 16.1. The number of amides is 1. The number of nitrogens with zero attached hydrogens (tertiary/aromatic N) is 2. The van der Waals surface area contributed by atoms with Crippen LogP contribution in [0.25, 0.3) is 22.3 Å². The fraction of sp³-hybridized carbons (Fsp3) is 0.375. The maximum Gasteiger partial charge on any atom is 0.230 e. The zero-order chi connectivity index (χ0) is 20.9. The Balaban J connectivity index is 1.58. The number of fused-ring (bicyclic) bond motifs is 1. The third-order valence-corrected chi connectivity index (χ3v) is 6.29. The molecule has 3 aromatic rings. The van der Waals surface area contributed by atoms with Gasteiger partial charge in [0.25, 0.3) is 0 Å². The summed E-state index contributed by atoms with van der Waals surface area (Å²) in [6.07, 6.45) is 3.19. The first-order valence-corrected chi connectivity index (χ1v) is 11.5. The lowest BCUT2D eigenvalue weighted by Crippen LogP contribution is -2.32. The molecule has 0 aliphatic carbocycles. The molecule has 1 fully saturated rings. The van der Waals surface area contributed by atoms with Crippen molar-refractivity contribution in [2.24, 2.45) is 0 Å². The fourth-order valence-electron chi connectivity index (χ4n) is 3.61. The van der Waals surface area contributed by atoms with Gasteiger partial charge in [-0.25, -0.2) is 9.97 Å². The Hall–Kier alpha value is -2.44. The van der Waals surface area contributed by atoms with Crippen molar-refractivity contribution in [1.82, 2.24) is 15.3 Å². The molecule has 1 amide bonds. The van der Waals surface area contributed by atoms with Crippen molar-refractivity contribution in [3.8, 4) is 11.4 Å². The summed E-state index contributed by atoms with van der Waals surface area (Å²) in [5, 5.41) is 4.84. The standard InChI is InChI=1S/C24H27N3O2S/c1-3-17-9-10-21-20(13-17)24(27-23(26-21)18-7-4-6-16(2)12-18)30-15-22(28)25-14-19-8-5-11-29-19/h4,6-7,9-10,12-13,19H,3,5,8,11,14-15H2,1-2H3,(H,25,28)/t19-/m0/s1. The quantitative estimate of drug-likeness (QED) is 0.448. The summed E-state index contributed by atoms with van der Waals surface area (Å²) in [5.41, 5.74) is 4.29. The van der Waals surface area contributed by atoms with E-state index in [0.717, 1.165) is 47.4 Å². The number of aromatic nitrogens is 2. The van der Waals surface area contributed by atoms with E-state index in [9.17, 15) is 4.79 Å². The Kier molecular flexibility index (Phi) is 6.65. The van der Waals surface area contributed by atoms with Crippen molar-refractivity contribution in [2.45, 2.75) is 44.2 Å². The van der Waals surface area contributed by atoms with Crippen molar-refractivity contribution in [2.75, 3.05) is 18.9 Å². The van der Waals surface area contributed by atoms with Gasteiger partial charge in [-0.05, 0) is 49.9 Å². The summed E-state index contributed by atoms with van der Waals surface area (Å²) >= 11 is 1.47. The van der Waals surface area contributed by atoms with Crippen molar-refractivity contribution < 1.29 is 9.53 Å². The molecule has 1 aliphatic rings. The molecular weight excluding hydrogens is 394 g/mol. The molecule has 0 saturated carbocycles. The van der Waals surface area contributed by atoms with Crippen LogP contribution in [0, 0.1) is 6.92 Å². The Labute approximate surface area is 181 Å². The average molecular weight is 422 g/mol. The lowest BCUT2D eigenvalue weighted by molar-refractivity contribution is -0.119. The highest BCUT2D eigenvalue weighted by Crippen LogP contribution is 2.29. The van der Waals surface area contributed by atoms with Crippen LogP contribution in [0.4, 0.5) is 0 Å². The van der Waals surface area contributed by atoms with E-state index in [-0.39, 0.29) is 12.0 Å². The number of rotatable bonds is 7. The predicted octanol–water partition coefficient (Wildman–Crippen LogP) is 4.55. The van der Waals surface area contributed by atoms with Crippen LogP contribution < -0.4 is 5.32 Å². The van der Waals surface area contributed by atoms with Gasteiger partial charge >= 0.3 is 0 Å². The molecule has 2 aromatic carbocycles. The number of aryl methyl sites for hydroxylation is 2. The first kappa shape index (κ1) is 20.8. The fourth-order valence-corrected chi connectivity index (χ4v) is 4.45. The molecule has 4 rings (SSSR count). The number of hydrogen-bond donors (Lipinski definition) is 1. The molecule has 1 N–H and O–H groups in total. The largest absolute Gasteiger partial charge is 0.376 e. The molecule has 6 heteroatoms. The van der Waals surface area contributed by atoms with Gasteiger partial charge in [-0.3, -0.25) is 4.79 Å². The highest BCUT2D eigenvalue weighted by atomic mass is 32.2. The summed E-state index contributed by atoms with van der Waals surface area (Å²) in [4.78, 5) is 22.0. The molecule has 156 valence electrons. The van der Waals surface area contributed by atoms with E-state index >= 15 is 0 Å². The zero-order valence-corrected chi connectivity index (χ0v) is 18.3. The summed E-state index contributed by atoms with van der Waals surface area (Å²) in [7, 11) is 0. The number of nitrogens with one attached hydrogen (secondary N) is 1. The van der Waals surface area contributed by atoms with E-state index in [2.05, 4.69) is 49.5 Å². The molecular formula is C24H27N3O2S. The predicted molar refractivity (Wildman–Crippen MR) is 122 cm³/mol. The van der Waals surface area contributed by atoms with Gasteiger partial charge in [0.05, 0.1) is 17.4 Å². The zero-order valence-electron chi connectivity index (χ0n) is 17.5. The molecule has 2 heterocycles. The number of carbonyl (C=O) groups is 1. The van der Waals surface area contributed by atoms with E-state index in [1.54, 1.807) is 0 Å². The molecule has 1 atom stereocenters. The van der Waals surface area contributed by atoms with Crippen LogP contribution in [0.1, 0.15) is 30.9 Å². The van der Waals surface area contributed by atoms with E-state index in [1.807, 2.05) is 12.1 Å². The summed E-state index contributed by atoms with van der Waals surface area (Å²) < 4.78 is 5.58. The van der Waals surface area contributed by atoms with Crippen LogP contribution in [0.3, 0.4) is 0 Å². The molecule has 5 nitrogen and oxygen atoms in total. The van der Waals surface area contributed by atoms with Gasteiger partial charge < -0.3 is 10.1 Å². The van der Waals surface area contributed by atoms with Gasteiger partial charge in [0.15, 0.2) is 5.82 Å². The molecule has 1 aliphatic heterocycles. The first-order valence-electron chi connectivity index (χ1n) is 10.5. The number of carbonyl (C=O) groups excluding carboxylic acids is 1. The van der Waals surface area contributed by atoms with Crippen LogP contribution in [-0.4, -0.2) is 40.9 Å². The SMILES string of the molecule is CCc1ccc2nc(-c3cccc(C)c3)nc(SCC(=O)NC[C@@H]3CCCO3)c2c1. The van der Waals surface area contributed by atoms with Gasteiger partial charge in [-0.1, -0.05) is 48.5 Å². The van der Waals surface area contributed by atoms with Crippen LogP contribution in [0.5, 0.6) is 0 Å². The van der Waals surface area contributed by atoms with Crippen molar-refractivity contribution in [3.63, 3.8) is 0 Å². The van der Waals surface area contributed by atoms with E-state index in [1.165, 1.54) is 22.9 Å². The van der Waals surface area contributed by atoms with E-state index < -0.39 is 0 Å². The Morgan fingerprint density at radius 1 is 1.23 bits per heavy atom. The van der Waals surface area contributed by atoms with E-state index in [0.29, 0.717) is 18.1 Å². The second kappa shape index (κ2) is 9.58. The third-order valence-electron chi connectivity index (χ3n) is 5.30. The molecule has 1 saturated heterocycles. The van der Waals surface area contributed by atoms with Crippen LogP contribution in [-0.2, 0) is 16.0 Å². The Bertz CT molecular complexity index is 1050. The van der Waals surface area contributed by atoms with Gasteiger partial charge in [0.1, 0.15) is 5.03 Å². The van der Waals surface area contributed by atoms with Crippen molar-refractivity contribution in [3.05, 3.63) is 53.6 Å². The molecule has 0 spiro atoms. The lowest BCUT2D eigenvalue weighted by Gasteiger charge is -2.12. The molecule has 0 unspecified atom stereocenters. The van der Waals surface area contributed by atoms with Crippen LogP contribution in [0.15, 0.2) is 47.5 Å². The smallest absolute Gasteiger partial charge is 0.230 e. The van der Waals surface area contributed by atoms with Crippen LogP contribution >= 0.6 is 11.8 Å². The average Bonchev–Trinajstić information content (AvgIpc) is 3.29. The summed E-state index contributed by atoms with van der Waals surface area (Å²) in [6.45, 7) is 5.57. The number of thioether (sulfide) groups is 1. The molecule has 1 aromatic heterocycles. The summed E-state index contributed by atoms with van der Waals surface area (Å²) in [6, 6.07) is 14.5. The monoisotopic (exact) mass is 421 g/mol. The highest BCUT2D eigenvalue weighted by Gasteiger charge is 2.17. The van der Waals surface area contributed by atoms with Gasteiger partial charge in [-0.15, -0.1) is 0 Å². The maximum absolute atomic E-state index is 12.4. The van der Waals surface area contributed by atoms with Gasteiger partial charge in [-0.2, -0.15) is 0 Å². The topological polar surface area (TPSA) is 64.1 Å². The lowest BCUT2D eigenvalue weighted by atomic mass is 10.1. The molecule has 0 bridgehead atoms. The minimum absolute atomic E-state index is 0.00557. The van der Waals surface area contributed by atoms with Crippen molar-refractivity contribution >= 4 is 28.6 Å². The number of hydrogen-bond acceptors (Lipinski definition) is 5. The minimum atomic E-state index is 0.00557. The first-order chi connectivity index (χ1) is 14.6. The highest BCUT2D eigenvalue weighted by molar-refractivity contribution is 8.00. The number of benzene rings is 2. The molecule has 30 heavy (non-hydrogen) atoms. The van der Waals surface area contributed by atoms with Crippen LogP contribution in [0.2, 0.25) is 0 Å². The van der Waals surface area contributed by atoms with Gasteiger partial charge in [0, 0.05) is 24.1 Å². The Morgan fingerprint density at radius 2 is 2.13 bits per heavy atom. The van der Waals surface area contributed by atoms with Gasteiger partial charge in [0.2, 0.25) is 5.91 Å². The summed E-state index contributed by atoms with van der Waals surface area (Å²) in [5.74, 6) is 1.02. The molecule has 0 radical (unpaired) electrons. The third kappa shape index (κ3) is 4.99. The second-order valence-corrected chi connectivity index (χ2v) is 8.62. The second-order valence-electron chi connectivity index (χ2n) is 7.65.